The molecular formula is C28H30Cl2N8O4S. The van der Waals surface area contributed by atoms with Crippen LogP contribution >= 0.6 is 23.2 Å². The van der Waals surface area contributed by atoms with Crippen LogP contribution in [0.5, 0.6) is 0 Å². The number of sulfonamides is 1. The molecule has 0 bridgehead atoms. The van der Waals surface area contributed by atoms with E-state index in [1.807, 2.05) is 24.6 Å². The summed E-state index contributed by atoms with van der Waals surface area (Å²) < 4.78 is 26.9. The van der Waals surface area contributed by atoms with Gasteiger partial charge in [0, 0.05) is 44.0 Å². The number of nitrogens with one attached hydrogen (secondary N) is 2. The van der Waals surface area contributed by atoms with E-state index in [1.165, 1.54) is 6.07 Å². The first-order valence-corrected chi connectivity index (χ1v) is 16.1. The Morgan fingerprint density at radius 1 is 1.14 bits per heavy atom. The molecule has 0 radical (unpaired) electrons. The van der Waals surface area contributed by atoms with Crippen LogP contribution in [0.3, 0.4) is 0 Å². The molecule has 1 aromatic carbocycles. The van der Waals surface area contributed by atoms with E-state index in [4.69, 9.17) is 28.2 Å². The number of hydrogen-bond donors (Lipinski definition) is 2. The maximum Gasteiger partial charge on any atom is 0.285 e. The molecule has 2 atom stereocenters. The second-order valence-corrected chi connectivity index (χ2v) is 13.2. The van der Waals surface area contributed by atoms with Crippen LogP contribution in [0.1, 0.15) is 59.2 Å². The Hall–Kier alpha value is -3.81. The normalized spacial score (nSPS) is 16.2. The van der Waals surface area contributed by atoms with Crippen LogP contribution in [-0.4, -0.2) is 58.2 Å². The number of piperidine rings is 1. The molecule has 43 heavy (non-hydrogen) atoms. The van der Waals surface area contributed by atoms with E-state index in [0.717, 1.165) is 24.7 Å². The summed E-state index contributed by atoms with van der Waals surface area (Å²) in [6, 6.07) is 6.30. The summed E-state index contributed by atoms with van der Waals surface area (Å²) in [6.45, 7) is 5.03. The molecule has 4 aromatic rings. The third-order valence-electron chi connectivity index (χ3n) is 7.23. The largest absolute Gasteiger partial charge is 0.377 e. The fourth-order valence-corrected chi connectivity index (χ4v) is 5.99. The number of carbonyl (C=O) groups excluding carboxylic acids is 1. The molecule has 1 saturated heterocycles. The lowest BCUT2D eigenvalue weighted by atomic mass is 9.97. The molecule has 226 valence electrons. The zero-order chi connectivity index (χ0) is 31.1. The Bertz CT molecular complexity index is 1880. The molecular weight excluding hydrogens is 615 g/mol. The lowest BCUT2D eigenvalue weighted by molar-refractivity contribution is 0.0977. The maximum absolute atomic E-state index is 13.7. The van der Waals surface area contributed by atoms with Crippen molar-refractivity contribution in [2.45, 2.75) is 38.6 Å². The van der Waals surface area contributed by atoms with Crippen LogP contribution in [0.25, 0.3) is 10.9 Å². The molecule has 0 unspecified atom stereocenters. The molecule has 4 heterocycles. The van der Waals surface area contributed by atoms with Gasteiger partial charge in [0.05, 0.1) is 33.9 Å². The van der Waals surface area contributed by atoms with Gasteiger partial charge in [0.15, 0.2) is 5.69 Å². The lowest BCUT2D eigenvalue weighted by Crippen LogP contribution is -2.39. The van der Waals surface area contributed by atoms with Crippen LogP contribution < -0.4 is 20.5 Å². The second kappa shape index (κ2) is 12.1. The molecule has 1 fully saturated rings. The number of amides is 1. The fraction of sp³-hybridized carbons (Fsp3) is 0.357. The fourth-order valence-electron chi connectivity index (χ4n) is 5.31. The average molecular weight is 646 g/mol. The number of pyridine rings is 1. The highest BCUT2D eigenvalue weighted by atomic mass is 35.5. The van der Waals surface area contributed by atoms with Crippen molar-refractivity contribution in [3.05, 3.63) is 79.8 Å². The number of anilines is 2. The lowest BCUT2D eigenvalue weighted by Gasteiger charge is -2.33. The SMILES string of the molecule is Cc1cc([C@@H](C)Nc2ccc(Cl)nc2C(=O)NS(C)(=O)=O)c2nc(N3CCC[C@H](c4ncc(Cl)cn4)C3)n(C)c(=O)c2c1. The van der Waals surface area contributed by atoms with Gasteiger partial charge in [-0.25, -0.2) is 33.1 Å². The summed E-state index contributed by atoms with van der Waals surface area (Å²) in [6.07, 6.45) is 5.81. The molecule has 2 N–H and O–H groups in total. The minimum absolute atomic E-state index is 0.0245. The molecule has 0 aliphatic carbocycles. The summed E-state index contributed by atoms with van der Waals surface area (Å²) in [7, 11) is -2.13. The van der Waals surface area contributed by atoms with Gasteiger partial charge in [-0.05, 0) is 50.5 Å². The van der Waals surface area contributed by atoms with Crippen molar-refractivity contribution in [3.63, 3.8) is 0 Å². The molecule has 1 amide bonds. The van der Waals surface area contributed by atoms with Crippen molar-refractivity contribution in [1.29, 1.82) is 0 Å². The number of carbonyl (C=O) groups is 1. The number of rotatable bonds is 7. The quantitative estimate of drug-likeness (QED) is 0.283. The van der Waals surface area contributed by atoms with Gasteiger partial charge in [-0.15, -0.1) is 0 Å². The summed E-state index contributed by atoms with van der Waals surface area (Å²) in [4.78, 5) is 46.4. The third-order valence-corrected chi connectivity index (χ3v) is 8.20. The van der Waals surface area contributed by atoms with E-state index in [1.54, 1.807) is 36.1 Å². The van der Waals surface area contributed by atoms with Gasteiger partial charge < -0.3 is 10.2 Å². The molecule has 0 spiro atoms. The molecule has 0 saturated carbocycles. The monoisotopic (exact) mass is 644 g/mol. The minimum Gasteiger partial charge on any atom is -0.377 e. The second-order valence-electron chi connectivity index (χ2n) is 10.7. The van der Waals surface area contributed by atoms with E-state index in [-0.39, 0.29) is 28.0 Å². The zero-order valence-corrected chi connectivity index (χ0v) is 26.3. The summed E-state index contributed by atoms with van der Waals surface area (Å²) in [5.41, 5.74) is 1.97. The Morgan fingerprint density at radius 3 is 2.56 bits per heavy atom. The van der Waals surface area contributed by atoms with E-state index in [9.17, 15) is 18.0 Å². The maximum atomic E-state index is 13.7. The first-order valence-electron chi connectivity index (χ1n) is 13.5. The molecule has 5 rings (SSSR count). The number of benzene rings is 1. The topological polar surface area (TPSA) is 152 Å². The molecule has 1 aliphatic heterocycles. The number of fused-ring (bicyclic) bond motifs is 1. The summed E-state index contributed by atoms with van der Waals surface area (Å²) in [5, 5.41) is 4.19. The highest BCUT2D eigenvalue weighted by Gasteiger charge is 2.27. The molecule has 3 aromatic heterocycles. The number of halogens is 2. The molecule has 1 aliphatic rings. The Kier molecular flexibility index (Phi) is 8.59. The first kappa shape index (κ1) is 30.6. The highest BCUT2D eigenvalue weighted by molar-refractivity contribution is 7.89. The van der Waals surface area contributed by atoms with E-state index < -0.39 is 22.0 Å². The van der Waals surface area contributed by atoms with Crippen molar-refractivity contribution in [3.8, 4) is 0 Å². The third kappa shape index (κ3) is 6.73. The van der Waals surface area contributed by atoms with Crippen molar-refractivity contribution in [1.82, 2.24) is 29.2 Å². The van der Waals surface area contributed by atoms with Gasteiger partial charge >= 0.3 is 0 Å². The first-order chi connectivity index (χ1) is 20.3. The predicted molar refractivity (Wildman–Crippen MR) is 167 cm³/mol. The number of nitrogens with zero attached hydrogens (tertiary/aromatic N) is 6. The van der Waals surface area contributed by atoms with E-state index in [0.29, 0.717) is 46.4 Å². The minimum atomic E-state index is -3.84. The summed E-state index contributed by atoms with van der Waals surface area (Å²) in [5.74, 6) is 0.342. The van der Waals surface area contributed by atoms with Gasteiger partial charge in [-0.3, -0.25) is 14.2 Å². The average Bonchev–Trinajstić information content (AvgIpc) is 2.95. The smallest absolute Gasteiger partial charge is 0.285 e. The van der Waals surface area contributed by atoms with Crippen LogP contribution in [0, 0.1) is 6.92 Å². The van der Waals surface area contributed by atoms with Gasteiger partial charge in [0.25, 0.3) is 11.5 Å². The molecule has 12 nitrogen and oxygen atoms in total. The number of aryl methyl sites for hydroxylation is 1. The Balaban J connectivity index is 1.53. The number of hydrogen-bond acceptors (Lipinski definition) is 10. The van der Waals surface area contributed by atoms with E-state index in [2.05, 4.69) is 25.2 Å². The standard InChI is InChI=1S/C28H30Cl2N8O4S/c1-15-10-19(16(2)33-21-7-8-22(30)34-24(21)26(39)36-43(4,41)42)23-20(11-15)27(40)37(3)28(35-23)38-9-5-6-17(14-38)25-31-12-18(29)13-32-25/h7-8,10-13,16-17,33H,5-6,9,14H2,1-4H3,(H,36,39)/t16-,17+/m1/s1. The van der Waals surface area contributed by atoms with Crippen LogP contribution in [-0.2, 0) is 17.1 Å². The van der Waals surface area contributed by atoms with Crippen molar-refractivity contribution in [2.24, 2.45) is 7.05 Å². The van der Waals surface area contributed by atoms with Crippen molar-refractivity contribution < 1.29 is 13.2 Å². The van der Waals surface area contributed by atoms with Crippen molar-refractivity contribution >= 4 is 61.7 Å². The zero-order valence-electron chi connectivity index (χ0n) is 23.9. The Morgan fingerprint density at radius 2 is 1.86 bits per heavy atom. The van der Waals surface area contributed by atoms with Crippen LogP contribution in [0.2, 0.25) is 10.2 Å². The summed E-state index contributed by atoms with van der Waals surface area (Å²) >= 11 is 12.0. The van der Waals surface area contributed by atoms with Crippen molar-refractivity contribution in [2.75, 3.05) is 29.6 Å². The van der Waals surface area contributed by atoms with Gasteiger partial charge in [-0.2, -0.15) is 0 Å². The van der Waals surface area contributed by atoms with Gasteiger partial charge in [0.1, 0.15) is 11.0 Å². The van der Waals surface area contributed by atoms with Crippen LogP contribution in [0.15, 0.2) is 41.5 Å². The van der Waals surface area contributed by atoms with Gasteiger partial charge in [0.2, 0.25) is 16.0 Å². The Labute approximate surface area is 258 Å². The van der Waals surface area contributed by atoms with Crippen LogP contribution in [0.4, 0.5) is 11.6 Å². The van der Waals surface area contributed by atoms with Gasteiger partial charge in [-0.1, -0.05) is 29.3 Å². The number of aromatic nitrogens is 5. The van der Waals surface area contributed by atoms with E-state index >= 15 is 0 Å². The molecule has 15 heteroatoms. The highest BCUT2D eigenvalue weighted by Crippen LogP contribution is 2.31. The predicted octanol–water partition coefficient (Wildman–Crippen LogP) is 3.98.